The van der Waals surface area contributed by atoms with Gasteiger partial charge in [0.2, 0.25) is 0 Å². The molecule has 11 aromatic rings. The second-order valence-corrected chi connectivity index (χ2v) is 14.6. The molecule has 0 fully saturated rings. The number of para-hydroxylation sites is 6. The number of fused-ring (bicyclic) bond motifs is 6. The lowest BCUT2D eigenvalue weighted by atomic mass is 9.96. The monoisotopic (exact) mass is 727 g/mol. The fourth-order valence-corrected chi connectivity index (χ4v) is 8.68. The van der Waals surface area contributed by atoms with E-state index in [0.29, 0.717) is 0 Å². The van der Waals surface area contributed by atoms with Gasteiger partial charge in [0.15, 0.2) is 0 Å². The quantitative estimate of drug-likeness (QED) is 0.159. The Morgan fingerprint density at radius 1 is 0.246 bits per heavy atom. The van der Waals surface area contributed by atoms with Crippen molar-refractivity contribution in [2.75, 3.05) is 4.90 Å². The van der Waals surface area contributed by atoms with Crippen LogP contribution in [0.2, 0.25) is 0 Å². The largest absolute Gasteiger partial charge is 0.310 e. The average Bonchev–Trinajstić information content (AvgIpc) is 3.80. The van der Waals surface area contributed by atoms with Crippen LogP contribution in [0.4, 0.5) is 17.1 Å². The van der Waals surface area contributed by atoms with Gasteiger partial charge < -0.3 is 14.0 Å². The van der Waals surface area contributed by atoms with E-state index in [1.54, 1.807) is 0 Å². The maximum absolute atomic E-state index is 2.38. The minimum Gasteiger partial charge on any atom is -0.310 e. The van der Waals surface area contributed by atoms with E-state index in [1.807, 2.05) is 0 Å². The highest BCUT2D eigenvalue weighted by atomic mass is 15.1. The Balaban J connectivity index is 1.06. The molecule has 0 aliphatic rings. The zero-order valence-electron chi connectivity index (χ0n) is 31.2. The molecule has 2 heterocycles. The Labute approximate surface area is 331 Å². The molecule has 0 saturated heterocycles. The maximum Gasteiger partial charge on any atom is 0.0541 e. The van der Waals surface area contributed by atoms with Gasteiger partial charge in [-0.1, -0.05) is 133 Å². The first kappa shape index (κ1) is 32.8. The molecule has 9 aromatic carbocycles. The lowest BCUT2D eigenvalue weighted by Gasteiger charge is -2.27. The Morgan fingerprint density at radius 3 is 0.912 bits per heavy atom. The highest BCUT2D eigenvalue weighted by molar-refractivity contribution is 6.10. The first-order valence-electron chi connectivity index (χ1n) is 19.5. The van der Waals surface area contributed by atoms with Gasteiger partial charge in [0, 0.05) is 50.0 Å². The fourth-order valence-electron chi connectivity index (χ4n) is 8.68. The van der Waals surface area contributed by atoms with Crippen molar-refractivity contribution in [2.45, 2.75) is 0 Å². The van der Waals surface area contributed by atoms with Crippen molar-refractivity contribution in [3.63, 3.8) is 0 Å². The maximum atomic E-state index is 2.38. The van der Waals surface area contributed by atoms with Crippen molar-refractivity contribution < 1.29 is 0 Å². The van der Waals surface area contributed by atoms with Gasteiger partial charge in [-0.3, -0.25) is 0 Å². The summed E-state index contributed by atoms with van der Waals surface area (Å²) in [5.41, 5.74) is 15.1. The van der Waals surface area contributed by atoms with Crippen molar-refractivity contribution in [1.29, 1.82) is 0 Å². The number of anilines is 3. The molecule has 3 nitrogen and oxygen atoms in total. The molecule has 0 atom stereocenters. The summed E-state index contributed by atoms with van der Waals surface area (Å²) in [6.07, 6.45) is 0. The Kier molecular flexibility index (Phi) is 7.82. The van der Waals surface area contributed by atoms with Crippen LogP contribution in [0, 0.1) is 0 Å². The van der Waals surface area contributed by atoms with E-state index < -0.39 is 0 Å². The Bertz CT molecular complexity index is 2890. The standard InChI is InChI=1S/C54H37N3/c1-3-15-42(16-4-1)55(43-17-5-2-6-18-43)46-36-40(38-27-31-44(32-28-38)56-51-23-11-7-19-47(51)48-20-8-12-24-52(48)56)35-41(37-46)39-29-33-45(34-30-39)57-53-25-13-9-21-49(53)50-22-10-14-26-54(50)57/h1-37H. The molecule has 0 aliphatic carbocycles. The molecule has 0 radical (unpaired) electrons. The van der Waals surface area contributed by atoms with Crippen LogP contribution in [0.15, 0.2) is 224 Å². The normalized spacial score (nSPS) is 11.5. The summed E-state index contributed by atoms with van der Waals surface area (Å²) in [5, 5.41) is 5.06. The Morgan fingerprint density at radius 2 is 0.561 bits per heavy atom. The van der Waals surface area contributed by atoms with Crippen LogP contribution >= 0.6 is 0 Å². The molecule has 3 heteroatoms. The summed E-state index contributed by atoms with van der Waals surface area (Å²) in [6, 6.07) is 81.1. The molecule has 0 N–H and O–H groups in total. The first-order valence-corrected chi connectivity index (χ1v) is 19.5. The zero-order chi connectivity index (χ0) is 37.7. The summed E-state index contributed by atoms with van der Waals surface area (Å²) >= 11 is 0. The van der Waals surface area contributed by atoms with Crippen molar-refractivity contribution in [3.05, 3.63) is 224 Å². The smallest absolute Gasteiger partial charge is 0.0541 e. The van der Waals surface area contributed by atoms with Crippen LogP contribution in [-0.4, -0.2) is 9.13 Å². The number of hydrogen-bond donors (Lipinski definition) is 0. The fraction of sp³-hybridized carbons (Fsp3) is 0. The summed E-state index contributed by atoms with van der Waals surface area (Å²) in [5.74, 6) is 0. The average molecular weight is 728 g/mol. The third-order valence-electron chi connectivity index (χ3n) is 11.3. The van der Waals surface area contributed by atoms with Gasteiger partial charge in [0.05, 0.1) is 22.1 Å². The highest BCUT2D eigenvalue weighted by Gasteiger charge is 2.17. The molecule has 268 valence electrons. The van der Waals surface area contributed by atoms with Gasteiger partial charge in [0.1, 0.15) is 0 Å². The number of benzene rings is 9. The molecule has 0 aliphatic heterocycles. The van der Waals surface area contributed by atoms with Gasteiger partial charge in [-0.05, 0) is 113 Å². The summed E-state index contributed by atoms with van der Waals surface area (Å²) in [7, 11) is 0. The molecule has 57 heavy (non-hydrogen) atoms. The van der Waals surface area contributed by atoms with E-state index >= 15 is 0 Å². The lowest BCUT2D eigenvalue weighted by Crippen LogP contribution is -2.10. The first-order chi connectivity index (χ1) is 28.3. The van der Waals surface area contributed by atoms with Crippen LogP contribution in [0.25, 0.3) is 77.2 Å². The van der Waals surface area contributed by atoms with Crippen LogP contribution in [0.5, 0.6) is 0 Å². The van der Waals surface area contributed by atoms with Gasteiger partial charge in [-0.15, -0.1) is 0 Å². The van der Waals surface area contributed by atoms with E-state index in [1.165, 1.54) is 43.6 Å². The van der Waals surface area contributed by atoms with E-state index in [2.05, 4.69) is 238 Å². The number of hydrogen-bond acceptors (Lipinski definition) is 1. The Hall–Kier alpha value is -7.62. The van der Waals surface area contributed by atoms with Crippen molar-refractivity contribution >= 4 is 60.7 Å². The minimum atomic E-state index is 1.10. The molecule has 2 aromatic heterocycles. The summed E-state index contributed by atoms with van der Waals surface area (Å²) in [6.45, 7) is 0. The number of aromatic nitrogens is 2. The van der Waals surface area contributed by atoms with E-state index in [0.717, 1.165) is 50.7 Å². The predicted octanol–water partition coefficient (Wildman–Crippen LogP) is 14.7. The van der Waals surface area contributed by atoms with Gasteiger partial charge in [-0.25, -0.2) is 0 Å². The topological polar surface area (TPSA) is 13.1 Å². The van der Waals surface area contributed by atoms with Crippen molar-refractivity contribution in [2.24, 2.45) is 0 Å². The molecule has 0 bridgehead atoms. The summed E-state index contributed by atoms with van der Waals surface area (Å²) in [4.78, 5) is 2.35. The zero-order valence-corrected chi connectivity index (χ0v) is 31.2. The van der Waals surface area contributed by atoms with Crippen LogP contribution in [-0.2, 0) is 0 Å². The molecular weight excluding hydrogens is 691 g/mol. The van der Waals surface area contributed by atoms with Crippen LogP contribution in [0.1, 0.15) is 0 Å². The molecule has 0 unspecified atom stereocenters. The molecule has 0 saturated carbocycles. The van der Waals surface area contributed by atoms with Crippen LogP contribution in [0.3, 0.4) is 0 Å². The van der Waals surface area contributed by atoms with Gasteiger partial charge >= 0.3 is 0 Å². The second kappa shape index (κ2) is 13.6. The molecule has 0 spiro atoms. The van der Waals surface area contributed by atoms with Gasteiger partial charge in [-0.2, -0.15) is 0 Å². The van der Waals surface area contributed by atoms with Crippen molar-refractivity contribution in [3.8, 4) is 33.6 Å². The van der Waals surface area contributed by atoms with Crippen molar-refractivity contribution in [1.82, 2.24) is 9.13 Å². The molecule has 0 amide bonds. The van der Waals surface area contributed by atoms with E-state index in [4.69, 9.17) is 0 Å². The predicted molar refractivity (Wildman–Crippen MR) is 241 cm³/mol. The third-order valence-corrected chi connectivity index (χ3v) is 11.3. The SMILES string of the molecule is c1ccc(N(c2ccccc2)c2cc(-c3ccc(-n4c5ccccc5c5ccccc54)cc3)cc(-c3ccc(-n4c5ccccc5c5ccccc54)cc3)c2)cc1. The molecular formula is C54H37N3. The number of nitrogens with zero attached hydrogens (tertiary/aromatic N) is 3. The van der Waals surface area contributed by atoms with Crippen LogP contribution < -0.4 is 4.90 Å². The molecule has 11 rings (SSSR count). The van der Waals surface area contributed by atoms with Gasteiger partial charge in [0.25, 0.3) is 0 Å². The second-order valence-electron chi connectivity index (χ2n) is 14.6. The highest BCUT2D eigenvalue weighted by Crippen LogP contribution is 2.41. The minimum absolute atomic E-state index is 1.10. The third kappa shape index (κ3) is 5.60. The summed E-state index contributed by atoms with van der Waals surface area (Å²) < 4.78 is 4.75. The number of rotatable bonds is 7. The van der Waals surface area contributed by atoms with E-state index in [-0.39, 0.29) is 0 Å². The van der Waals surface area contributed by atoms with E-state index in [9.17, 15) is 0 Å². The lowest BCUT2D eigenvalue weighted by molar-refractivity contribution is 1.18.